The van der Waals surface area contributed by atoms with Crippen molar-refractivity contribution in [1.82, 2.24) is 0 Å². The lowest BCUT2D eigenvalue weighted by Crippen LogP contribution is -1.97. The van der Waals surface area contributed by atoms with Crippen molar-refractivity contribution in [3.8, 4) is 0 Å². The van der Waals surface area contributed by atoms with Crippen molar-refractivity contribution < 1.29 is 17.2 Å². The molecule has 0 bridgehead atoms. The van der Waals surface area contributed by atoms with Gasteiger partial charge in [-0.25, -0.2) is 17.2 Å². The Hall–Kier alpha value is -0.970. The normalized spacial score (nSPS) is 12.0. The molecular formula is C8H8F2O2S. The minimum Gasteiger partial charge on any atom is -0.224 e. The Kier molecular flexibility index (Phi) is 2.66. The Balaban J connectivity index is 3.21. The third-order valence-electron chi connectivity index (χ3n) is 1.54. The van der Waals surface area contributed by atoms with Gasteiger partial charge in [0, 0.05) is 11.8 Å². The molecule has 0 aliphatic heterocycles. The summed E-state index contributed by atoms with van der Waals surface area (Å²) in [6.07, 6.45) is -1.65. The second kappa shape index (κ2) is 3.41. The fourth-order valence-corrected chi connectivity index (χ4v) is 1.56. The van der Waals surface area contributed by atoms with E-state index in [1.54, 1.807) is 0 Å². The van der Waals surface area contributed by atoms with Crippen LogP contribution in [0.3, 0.4) is 0 Å². The zero-order valence-corrected chi connectivity index (χ0v) is 7.68. The van der Waals surface area contributed by atoms with Crippen molar-refractivity contribution in [2.45, 2.75) is 11.3 Å². The monoisotopic (exact) mass is 206 g/mol. The first kappa shape index (κ1) is 10.1. The molecule has 5 heteroatoms. The Morgan fingerprint density at radius 2 is 1.92 bits per heavy atom. The van der Waals surface area contributed by atoms with Gasteiger partial charge < -0.3 is 0 Å². The van der Waals surface area contributed by atoms with E-state index >= 15 is 0 Å². The molecular weight excluding hydrogens is 198 g/mol. The molecule has 0 radical (unpaired) electrons. The van der Waals surface area contributed by atoms with Gasteiger partial charge in [-0.15, -0.1) is 0 Å². The predicted octanol–water partition coefficient (Wildman–Crippen LogP) is 2.03. The van der Waals surface area contributed by atoms with Gasteiger partial charge in [-0.1, -0.05) is 12.1 Å². The predicted molar refractivity (Wildman–Crippen MR) is 44.5 cm³/mol. The van der Waals surface area contributed by atoms with Crippen LogP contribution in [0, 0.1) is 0 Å². The van der Waals surface area contributed by atoms with Gasteiger partial charge in [0.15, 0.2) is 9.84 Å². The second-order valence-electron chi connectivity index (χ2n) is 2.65. The summed E-state index contributed by atoms with van der Waals surface area (Å²) < 4.78 is 46.2. The highest BCUT2D eigenvalue weighted by Gasteiger charge is 2.11. The molecule has 1 rings (SSSR count). The molecule has 0 heterocycles. The molecule has 0 atom stereocenters. The smallest absolute Gasteiger partial charge is 0.224 e. The summed E-state index contributed by atoms with van der Waals surface area (Å²) in [5.74, 6) is 0. The molecule has 0 aliphatic carbocycles. The van der Waals surface area contributed by atoms with E-state index in [0.29, 0.717) is 0 Å². The van der Waals surface area contributed by atoms with E-state index in [9.17, 15) is 17.2 Å². The van der Waals surface area contributed by atoms with E-state index in [1.165, 1.54) is 18.2 Å². The number of hydrogen-bond acceptors (Lipinski definition) is 2. The topological polar surface area (TPSA) is 34.1 Å². The van der Waals surface area contributed by atoms with Crippen LogP contribution in [0.2, 0.25) is 0 Å². The van der Waals surface area contributed by atoms with E-state index < -0.39 is 16.3 Å². The van der Waals surface area contributed by atoms with Crippen molar-refractivity contribution in [3.63, 3.8) is 0 Å². The molecule has 0 N–H and O–H groups in total. The molecule has 2 nitrogen and oxygen atoms in total. The van der Waals surface area contributed by atoms with Crippen LogP contribution in [-0.2, 0) is 9.84 Å². The van der Waals surface area contributed by atoms with Gasteiger partial charge in [-0.3, -0.25) is 0 Å². The Bertz CT molecular complexity index is 398. The van der Waals surface area contributed by atoms with E-state index in [4.69, 9.17) is 0 Å². The summed E-state index contributed by atoms with van der Waals surface area (Å²) in [7, 11) is -3.39. The summed E-state index contributed by atoms with van der Waals surface area (Å²) in [5.41, 5.74) is -0.275. The SMILES string of the molecule is CS(=O)(=O)c1cccc(C(F)F)c1. The molecule has 0 unspecified atom stereocenters. The average Bonchev–Trinajstić information content (AvgIpc) is 2.03. The number of rotatable bonds is 2. The molecule has 1 aromatic rings. The number of benzene rings is 1. The van der Waals surface area contributed by atoms with Crippen LogP contribution in [0.1, 0.15) is 12.0 Å². The first-order chi connectivity index (χ1) is 5.91. The summed E-state index contributed by atoms with van der Waals surface area (Å²) >= 11 is 0. The van der Waals surface area contributed by atoms with Crippen molar-refractivity contribution in [2.24, 2.45) is 0 Å². The average molecular weight is 206 g/mol. The lowest BCUT2D eigenvalue weighted by atomic mass is 10.2. The van der Waals surface area contributed by atoms with Gasteiger partial charge in [0.2, 0.25) is 0 Å². The molecule has 0 spiro atoms. The van der Waals surface area contributed by atoms with Crippen LogP contribution in [0.4, 0.5) is 8.78 Å². The molecule has 0 saturated heterocycles. The number of sulfone groups is 1. The summed E-state index contributed by atoms with van der Waals surface area (Å²) in [6, 6.07) is 4.78. The number of alkyl halides is 2. The summed E-state index contributed by atoms with van der Waals surface area (Å²) in [4.78, 5) is -0.0784. The van der Waals surface area contributed by atoms with Gasteiger partial charge in [0.1, 0.15) is 0 Å². The molecule has 0 fully saturated rings. The zero-order valence-electron chi connectivity index (χ0n) is 6.87. The van der Waals surface area contributed by atoms with Crippen LogP contribution in [0.15, 0.2) is 29.2 Å². The standard InChI is InChI=1S/C8H8F2O2S/c1-13(11,12)7-4-2-3-6(5-7)8(9)10/h2-5,8H,1H3. The highest BCUT2D eigenvalue weighted by Crippen LogP contribution is 2.21. The summed E-state index contributed by atoms with van der Waals surface area (Å²) in [5, 5.41) is 0. The van der Waals surface area contributed by atoms with Crippen molar-refractivity contribution in [2.75, 3.05) is 6.26 Å². The molecule has 13 heavy (non-hydrogen) atoms. The van der Waals surface area contributed by atoms with Crippen molar-refractivity contribution >= 4 is 9.84 Å². The zero-order chi connectivity index (χ0) is 10.1. The number of hydrogen-bond donors (Lipinski definition) is 0. The van der Waals surface area contributed by atoms with E-state index in [1.807, 2.05) is 0 Å². The van der Waals surface area contributed by atoms with E-state index in [-0.39, 0.29) is 10.5 Å². The molecule has 1 aromatic carbocycles. The fourth-order valence-electron chi connectivity index (χ4n) is 0.881. The first-order valence-electron chi connectivity index (χ1n) is 3.49. The quantitative estimate of drug-likeness (QED) is 0.741. The van der Waals surface area contributed by atoms with Crippen molar-refractivity contribution in [3.05, 3.63) is 29.8 Å². The first-order valence-corrected chi connectivity index (χ1v) is 5.38. The van der Waals surface area contributed by atoms with E-state index in [0.717, 1.165) is 12.3 Å². The minimum absolute atomic E-state index is 0.0784. The highest BCUT2D eigenvalue weighted by atomic mass is 32.2. The Morgan fingerprint density at radius 1 is 1.31 bits per heavy atom. The van der Waals surface area contributed by atoms with Crippen LogP contribution < -0.4 is 0 Å². The maximum absolute atomic E-state index is 12.1. The Labute approximate surface area is 75.1 Å². The fraction of sp³-hybridized carbons (Fsp3) is 0.250. The second-order valence-corrected chi connectivity index (χ2v) is 4.66. The molecule has 0 amide bonds. The largest absolute Gasteiger partial charge is 0.263 e. The van der Waals surface area contributed by atoms with Gasteiger partial charge in [-0.05, 0) is 12.1 Å². The van der Waals surface area contributed by atoms with Crippen LogP contribution in [0.25, 0.3) is 0 Å². The lowest BCUT2D eigenvalue weighted by Gasteiger charge is -2.01. The Morgan fingerprint density at radius 3 is 2.38 bits per heavy atom. The van der Waals surface area contributed by atoms with Crippen LogP contribution >= 0.6 is 0 Å². The molecule has 72 valence electrons. The third kappa shape index (κ3) is 2.48. The number of halogens is 2. The molecule has 0 saturated carbocycles. The van der Waals surface area contributed by atoms with Gasteiger partial charge in [0.25, 0.3) is 6.43 Å². The maximum Gasteiger partial charge on any atom is 0.263 e. The van der Waals surface area contributed by atoms with Gasteiger partial charge in [-0.2, -0.15) is 0 Å². The van der Waals surface area contributed by atoms with E-state index in [2.05, 4.69) is 0 Å². The lowest BCUT2D eigenvalue weighted by molar-refractivity contribution is 0.151. The minimum atomic E-state index is -3.39. The third-order valence-corrected chi connectivity index (χ3v) is 2.65. The van der Waals surface area contributed by atoms with Gasteiger partial charge >= 0.3 is 0 Å². The highest BCUT2D eigenvalue weighted by molar-refractivity contribution is 7.90. The molecule has 0 aromatic heterocycles. The van der Waals surface area contributed by atoms with Crippen LogP contribution in [-0.4, -0.2) is 14.7 Å². The van der Waals surface area contributed by atoms with Crippen LogP contribution in [0.5, 0.6) is 0 Å². The van der Waals surface area contributed by atoms with Gasteiger partial charge in [0.05, 0.1) is 4.90 Å². The summed E-state index contributed by atoms with van der Waals surface area (Å²) in [6.45, 7) is 0. The maximum atomic E-state index is 12.1. The van der Waals surface area contributed by atoms with Crippen molar-refractivity contribution in [1.29, 1.82) is 0 Å². The molecule has 0 aliphatic rings.